The van der Waals surface area contributed by atoms with Crippen molar-refractivity contribution in [3.8, 4) is 11.5 Å². The number of aliphatic hydroxyl groups excluding tert-OH is 1. The van der Waals surface area contributed by atoms with E-state index in [9.17, 15) is 15.4 Å². The molecule has 21 heavy (non-hydrogen) atoms. The molecule has 0 saturated carbocycles. The third kappa shape index (κ3) is 3.15. The van der Waals surface area contributed by atoms with E-state index in [0.717, 1.165) is 5.56 Å². The summed E-state index contributed by atoms with van der Waals surface area (Å²) in [5.41, 5.74) is -0.317. The Labute approximate surface area is 125 Å². The van der Waals surface area contributed by atoms with Gasteiger partial charge in [0.25, 0.3) is 0 Å². The van der Waals surface area contributed by atoms with Crippen molar-refractivity contribution in [1.82, 2.24) is 5.06 Å². The van der Waals surface area contributed by atoms with Gasteiger partial charge in [-0.1, -0.05) is 0 Å². The number of phenols is 1. The number of nitrogens with zero attached hydrogens (tertiary/aromatic N) is 1. The Morgan fingerprint density at radius 1 is 1.29 bits per heavy atom. The zero-order valence-electron chi connectivity index (χ0n) is 13.1. The van der Waals surface area contributed by atoms with Crippen molar-refractivity contribution in [3.63, 3.8) is 0 Å². The molecule has 0 bridgehead atoms. The number of aliphatic hydroxyl groups is 1. The highest BCUT2D eigenvalue weighted by molar-refractivity contribution is 5.40. The third-order valence-corrected chi connectivity index (χ3v) is 4.33. The molecule has 1 heterocycles. The van der Waals surface area contributed by atoms with Gasteiger partial charge in [-0.3, -0.25) is 0 Å². The number of hydroxylamine groups is 2. The molecule has 0 radical (unpaired) electrons. The van der Waals surface area contributed by atoms with Gasteiger partial charge in [0.05, 0.1) is 18.8 Å². The summed E-state index contributed by atoms with van der Waals surface area (Å²) < 4.78 is 5.33. The average molecular weight is 295 g/mol. The van der Waals surface area contributed by atoms with Crippen molar-refractivity contribution in [1.29, 1.82) is 0 Å². The van der Waals surface area contributed by atoms with E-state index >= 15 is 0 Å². The predicted molar refractivity (Wildman–Crippen MR) is 79.7 cm³/mol. The molecule has 1 aliphatic rings. The number of aromatic hydroxyl groups is 1. The molecule has 2 rings (SSSR count). The maximum Gasteiger partial charge on any atom is 0.122 e. The van der Waals surface area contributed by atoms with Crippen LogP contribution in [0, 0.1) is 0 Å². The van der Waals surface area contributed by atoms with Gasteiger partial charge in [0.15, 0.2) is 0 Å². The molecule has 2 unspecified atom stereocenters. The molecule has 1 aliphatic heterocycles. The van der Waals surface area contributed by atoms with E-state index in [4.69, 9.17) is 4.74 Å². The van der Waals surface area contributed by atoms with Gasteiger partial charge < -0.3 is 20.2 Å². The predicted octanol–water partition coefficient (Wildman–Crippen LogP) is 2.33. The second-order valence-electron chi connectivity index (χ2n) is 6.86. The van der Waals surface area contributed by atoms with Crippen LogP contribution in [-0.2, 0) is 6.42 Å². The fraction of sp³-hybridized carbons (Fsp3) is 0.625. The molecule has 2 atom stereocenters. The third-order valence-electron chi connectivity index (χ3n) is 4.33. The van der Waals surface area contributed by atoms with Crippen LogP contribution in [0.2, 0.25) is 0 Å². The second-order valence-corrected chi connectivity index (χ2v) is 6.86. The first-order valence-corrected chi connectivity index (χ1v) is 7.21. The first kappa shape index (κ1) is 16.1. The van der Waals surface area contributed by atoms with Crippen LogP contribution in [0.1, 0.15) is 39.2 Å². The summed E-state index contributed by atoms with van der Waals surface area (Å²) in [6.45, 7) is 5.74. The van der Waals surface area contributed by atoms with Crippen LogP contribution in [-0.4, -0.2) is 44.8 Å². The number of methoxy groups -OCH3 is 1. The van der Waals surface area contributed by atoms with Crippen LogP contribution >= 0.6 is 0 Å². The summed E-state index contributed by atoms with van der Waals surface area (Å²) in [5.74, 6) is 0.829. The Morgan fingerprint density at radius 2 is 1.95 bits per heavy atom. The van der Waals surface area contributed by atoms with Crippen molar-refractivity contribution in [3.05, 3.63) is 23.8 Å². The lowest BCUT2D eigenvalue weighted by Crippen LogP contribution is -2.62. The van der Waals surface area contributed by atoms with Crippen LogP contribution in [0.15, 0.2) is 18.2 Å². The standard InChI is InChI=1S/C16H25NO4/c1-15(2)9-13(19)10-16(3,17(15)20)8-11-7-12(18)5-6-14(11)21-4/h5-7,13,18-20H,8-10H2,1-4H3. The van der Waals surface area contributed by atoms with Gasteiger partial charge in [-0.15, -0.1) is 0 Å². The number of piperidine rings is 1. The Hall–Kier alpha value is -1.30. The fourth-order valence-electron chi connectivity index (χ4n) is 3.52. The molecule has 5 heteroatoms. The summed E-state index contributed by atoms with van der Waals surface area (Å²) in [6.07, 6.45) is 1.00. The minimum Gasteiger partial charge on any atom is -0.508 e. The van der Waals surface area contributed by atoms with E-state index in [1.54, 1.807) is 25.3 Å². The highest BCUT2D eigenvalue weighted by atomic mass is 16.5. The van der Waals surface area contributed by atoms with Crippen LogP contribution in [0.3, 0.4) is 0 Å². The number of hydrogen-bond acceptors (Lipinski definition) is 5. The quantitative estimate of drug-likeness (QED) is 0.798. The molecule has 0 spiro atoms. The van der Waals surface area contributed by atoms with Gasteiger partial charge >= 0.3 is 0 Å². The zero-order valence-corrected chi connectivity index (χ0v) is 13.1. The Balaban J connectivity index is 2.34. The Morgan fingerprint density at radius 3 is 2.57 bits per heavy atom. The Kier molecular flexibility index (Phi) is 4.19. The largest absolute Gasteiger partial charge is 0.508 e. The summed E-state index contributed by atoms with van der Waals surface area (Å²) >= 11 is 0. The second kappa shape index (κ2) is 5.48. The highest BCUT2D eigenvalue weighted by Crippen LogP contribution is 2.40. The van der Waals surface area contributed by atoms with Crippen LogP contribution < -0.4 is 4.74 Å². The summed E-state index contributed by atoms with van der Waals surface area (Å²) in [4.78, 5) is 0. The fourth-order valence-corrected chi connectivity index (χ4v) is 3.52. The maximum absolute atomic E-state index is 10.6. The molecule has 0 aliphatic carbocycles. The number of ether oxygens (including phenoxy) is 1. The normalized spacial score (nSPS) is 29.3. The highest BCUT2D eigenvalue weighted by Gasteiger charge is 2.47. The van der Waals surface area contributed by atoms with E-state index in [0.29, 0.717) is 25.0 Å². The van der Waals surface area contributed by atoms with Crippen molar-refractivity contribution < 1.29 is 20.2 Å². The molecule has 1 aromatic carbocycles. The minimum atomic E-state index is -0.623. The lowest BCUT2D eigenvalue weighted by molar-refractivity contribution is -0.262. The van der Waals surface area contributed by atoms with E-state index in [-0.39, 0.29) is 5.75 Å². The van der Waals surface area contributed by atoms with E-state index in [1.165, 1.54) is 5.06 Å². The van der Waals surface area contributed by atoms with E-state index in [2.05, 4.69) is 0 Å². The lowest BCUT2D eigenvalue weighted by Gasteiger charge is -2.52. The monoisotopic (exact) mass is 295 g/mol. The number of phenolic OH excluding ortho intramolecular Hbond substituents is 1. The van der Waals surface area contributed by atoms with Gasteiger partial charge in [0.2, 0.25) is 0 Å². The minimum absolute atomic E-state index is 0.162. The van der Waals surface area contributed by atoms with Gasteiger partial charge in [-0.25, -0.2) is 0 Å². The lowest BCUT2D eigenvalue weighted by atomic mass is 9.76. The molecule has 1 aromatic rings. The molecular formula is C16H25NO4. The van der Waals surface area contributed by atoms with Crippen molar-refractivity contribution in [2.24, 2.45) is 0 Å². The van der Waals surface area contributed by atoms with Crippen LogP contribution in [0.5, 0.6) is 11.5 Å². The topological polar surface area (TPSA) is 73.2 Å². The average Bonchev–Trinajstić information content (AvgIpc) is 2.35. The molecule has 1 fully saturated rings. The maximum atomic E-state index is 10.6. The van der Waals surface area contributed by atoms with Gasteiger partial charge in [-0.2, -0.15) is 5.06 Å². The van der Waals surface area contributed by atoms with Crippen LogP contribution in [0.4, 0.5) is 0 Å². The van der Waals surface area contributed by atoms with Crippen molar-refractivity contribution in [2.75, 3.05) is 7.11 Å². The smallest absolute Gasteiger partial charge is 0.122 e. The van der Waals surface area contributed by atoms with Crippen molar-refractivity contribution in [2.45, 2.75) is 57.2 Å². The van der Waals surface area contributed by atoms with Gasteiger partial charge in [0, 0.05) is 5.54 Å². The summed E-state index contributed by atoms with van der Waals surface area (Å²) in [5, 5.41) is 31.8. The first-order valence-electron chi connectivity index (χ1n) is 7.21. The van der Waals surface area contributed by atoms with Gasteiger partial charge in [0.1, 0.15) is 11.5 Å². The molecule has 3 N–H and O–H groups in total. The number of benzene rings is 1. The number of hydrogen-bond donors (Lipinski definition) is 3. The molecule has 0 aromatic heterocycles. The molecule has 118 valence electrons. The molecular weight excluding hydrogens is 270 g/mol. The van der Waals surface area contributed by atoms with Crippen molar-refractivity contribution >= 4 is 0 Å². The van der Waals surface area contributed by atoms with Crippen LogP contribution in [0.25, 0.3) is 0 Å². The van der Waals surface area contributed by atoms with E-state index < -0.39 is 17.2 Å². The first-order chi connectivity index (χ1) is 9.68. The summed E-state index contributed by atoms with van der Waals surface area (Å²) in [7, 11) is 1.58. The van der Waals surface area contributed by atoms with Gasteiger partial charge in [-0.05, 0) is 63.8 Å². The summed E-state index contributed by atoms with van der Waals surface area (Å²) in [6, 6.07) is 4.92. The molecule has 0 amide bonds. The molecule has 5 nitrogen and oxygen atoms in total. The SMILES string of the molecule is COc1ccc(O)cc1CC1(C)CC(O)CC(C)(C)N1O. The Bertz CT molecular complexity index is 517. The number of rotatable bonds is 3. The zero-order chi connectivity index (χ0) is 15.8. The van der Waals surface area contributed by atoms with E-state index in [1.807, 2.05) is 20.8 Å². The molecule has 1 saturated heterocycles.